The molecule has 0 bridgehead atoms. The molecule has 25 heavy (non-hydrogen) atoms. The van der Waals surface area contributed by atoms with E-state index in [1.54, 1.807) is 0 Å². The number of hydrogen-bond acceptors (Lipinski definition) is 4. The molecule has 0 fully saturated rings. The maximum absolute atomic E-state index is 7.05. The number of hydrogen-bond donors (Lipinski definition) is 7. The minimum absolute atomic E-state index is 0.0677. The van der Waals surface area contributed by atoms with E-state index >= 15 is 0 Å². The molecule has 0 aliphatic heterocycles. The first-order valence-electron chi connectivity index (χ1n) is 9.67. The molecular weight excluding hydrogens is 316 g/mol. The van der Waals surface area contributed by atoms with Gasteiger partial charge in [0.2, 0.25) is 0 Å². The average Bonchev–Trinajstić information content (AvgIpc) is 2.56. The van der Waals surface area contributed by atoms with Gasteiger partial charge >= 0.3 is 0 Å². The summed E-state index contributed by atoms with van der Waals surface area (Å²) in [5.74, 6) is 0.260. The van der Waals surface area contributed by atoms with Gasteiger partial charge in [-0.25, -0.2) is 0 Å². The minimum Gasteiger partial charge on any atom is -0.370 e. The Morgan fingerprint density at radius 2 is 1.12 bits per heavy atom. The van der Waals surface area contributed by atoms with Crippen molar-refractivity contribution in [2.24, 2.45) is 22.2 Å². The van der Waals surface area contributed by atoms with E-state index in [-0.39, 0.29) is 11.9 Å². The summed E-state index contributed by atoms with van der Waals surface area (Å²) < 4.78 is 0. The summed E-state index contributed by atoms with van der Waals surface area (Å²) in [7, 11) is 0. The fourth-order valence-corrected chi connectivity index (χ4v) is 2.46. The molecule has 10 N–H and O–H groups in total. The van der Waals surface area contributed by atoms with E-state index in [4.69, 9.17) is 22.6 Å². The van der Waals surface area contributed by atoms with E-state index in [0.29, 0.717) is 0 Å². The second kappa shape index (κ2) is 18.8. The van der Waals surface area contributed by atoms with Crippen LogP contribution in [-0.4, -0.2) is 51.2 Å². The van der Waals surface area contributed by atoms with Crippen LogP contribution in [0.15, 0.2) is 4.99 Å². The van der Waals surface area contributed by atoms with Gasteiger partial charge in [-0.15, -0.1) is 0 Å². The molecule has 0 spiro atoms. The van der Waals surface area contributed by atoms with Gasteiger partial charge in [0.25, 0.3) is 0 Å². The Kier molecular flexibility index (Phi) is 17.6. The smallest absolute Gasteiger partial charge is 0.185 e. The third-order valence-corrected chi connectivity index (χ3v) is 3.86. The predicted molar refractivity (Wildman–Crippen MR) is 108 cm³/mol. The van der Waals surface area contributed by atoms with Crippen LogP contribution >= 0.6 is 0 Å². The van der Waals surface area contributed by atoms with Crippen molar-refractivity contribution in [1.82, 2.24) is 16.0 Å². The molecule has 0 aromatic carbocycles. The van der Waals surface area contributed by atoms with Crippen molar-refractivity contribution in [2.75, 3.05) is 39.3 Å². The predicted octanol–water partition coefficient (Wildman–Crippen LogP) is 0.433. The SMILES string of the molecule is N=C(N)NCCCCCCNCCCNCCCCCCN=C(N)N. The Hall–Kier alpha value is -1.54. The maximum Gasteiger partial charge on any atom is 0.185 e. The summed E-state index contributed by atoms with van der Waals surface area (Å²) in [6.07, 6.45) is 10.6. The summed E-state index contributed by atoms with van der Waals surface area (Å²) >= 11 is 0. The molecule has 0 aromatic heterocycles. The van der Waals surface area contributed by atoms with Gasteiger partial charge < -0.3 is 33.2 Å². The Morgan fingerprint density at radius 3 is 1.64 bits per heavy atom. The number of nitrogens with zero attached hydrogens (tertiary/aromatic N) is 1. The number of aliphatic imine (C=N–C) groups is 1. The summed E-state index contributed by atoms with van der Waals surface area (Å²) in [5, 5.41) is 16.8. The van der Waals surface area contributed by atoms with Crippen molar-refractivity contribution >= 4 is 11.9 Å². The number of rotatable bonds is 18. The van der Waals surface area contributed by atoms with Crippen molar-refractivity contribution in [3.8, 4) is 0 Å². The van der Waals surface area contributed by atoms with Crippen LogP contribution < -0.4 is 33.2 Å². The average molecular weight is 357 g/mol. The van der Waals surface area contributed by atoms with E-state index in [1.807, 2.05) is 0 Å². The van der Waals surface area contributed by atoms with Crippen LogP contribution in [0.3, 0.4) is 0 Å². The van der Waals surface area contributed by atoms with E-state index in [9.17, 15) is 0 Å². The molecule has 148 valence electrons. The number of nitrogens with one attached hydrogen (secondary N) is 4. The second-order valence-corrected chi connectivity index (χ2v) is 6.33. The monoisotopic (exact) mass is 356 g/mol. The fourth-order valence-electron chi connectivity index (χ4n) is 2.46. The Balaban J connectivity index is 3.03. The third kappa shape index (κ3) is 22.5. The first-order chi connectivity index (χ1) is 12.1. The van der Waals surface area contributed by atoms with Crippen LogP contribution in [0.4, 0.5) is 0 Å². The van der Waals surface area contributed by atoms with Gasteiger partial charge in [0, 0.05) is 13.1 Å². The number of nitrogens with two attached hydrogens (primary N) is 3. The first-order valence-corrected chi connectivity index (χ1v) is 9.67. The van der Waals surface area contributed by atoms with E-state index < -0.39 is 0 Å². The molecule has 8 nitrogen and oxygen atoms in total. The quantitative estimate of drug-likeness (QED) is 0.107. The molecule has 0 aliphatic rings. The lowest BCUT2D eigenvalue weighted by Crippen LogP contribution is -2.30. The lowest BCUT2D eigenvalue weighted by molar-refractivity contribution is 0.545. The van der Waals surface area contributed by atoms with Gasteiger partial charge in [0.15, 0.2) is 11.9 Å². The first kappa shape index (κ1) is 23.5. The molecular formula is C17H40N8. The highest BCUT2D eigenvalue weighted by atomic mass is 15.0. The molecule has 0 amide bonds. The number of guanidine groups is 2. The van der Waals surface area contributed by atoms with Crippen molar-refractivity contribution in [3.63, 3.8) is 0 Å². The third-order valence-electron chi connectivity index (χ3n) is 3.86. The largest absolute Gasteiger partial charge is 0.370 e. The highest BCUT2D eigenvalue weighted by molar-refractivity contribution is 5.75. The van der Waals surface area contributed by atoms with E-state index in [2.05, 4.69) is 20.9 Å². The highest BCUT2D eigenvalue weighted by Crippen LogP contribution is 1.99. The van der Waals surface area contributed by atoms with Gasteiger partial charge in [0.1, 0.15) is 0 Å². The van der Waals surface area contributed by atoms with Crippen molar-refractivity contribution < 1.29 is 0 Å². The minimum atomic E-state index is 0.0677. The van der Waals surface area contributed by atoms with Gasteiger partial charge in [0.05, 0.1) is 0 Å². The van der Waals surface area contributed by atoms with Crippen molar-refractivity contribution in [3.05, 3.63) is 0 Å². The molecule has 0 heterocycles. The van der Waals surface area contributed by atoms with Crippen LogP contribution in [0.25, 0.3) is 0 Å². The lowest BCUT2D eigenvalue weighted by Gasteiger charge is -2.07. The normalized spacial score (nSPS) is 10.6. The topological polar surface area (TPSA) is 150 Å². The molecule has 0 unspecified atom stereocenters. The van der Waals surface area contributed by atoms with Crippen molar-refractivity contribution in [2.45, 2.75) is 57.8 Å². The summed E-state index contributed by atoms with van der Waals surface area (Å²) in [5.41, 5.74) is 15.8. The summed E-state index contributed by atoms with van der Waals surface area (Å²) in [6.45, 7) is 5.91. The van der Waals surface area contributed by atoms with Gasteiger partial charge in [-0.2, -0.15) is 0 Å². The van der Waals surface area contributed by atoms with Crippen molar-refractivity contribution in [1.29, 1.82) is 5.41 Å². The zero-order valence-corrected chi connectivity index (χ0v) is 15.8. The molecule has 0 radical (unpaired) electrons. The zero-order chi connectivity index (χ0) is 18.6. The van der Waals surface area contributed by atoms with Crippen LogP contribution in [-0.2, 0) is 0 Å². The summed E-state index contributed by atoms with van der Waals surface area (Å²) in [6, 6.07) is 0. The Morgan fingerprint density at radius 1 is 0.640 bits per heavy atom. The zero-order valence-electron chi connectivity index (χ0n) is 15.8. The molecule has 0 atom stereocenters. The maximum atomic E-state index is 7.05. The number of unbranched alkanes of at least 4 members (excludes halogenated alkanes) is 6. The van der Waals surface area contributed by atoms with Crippen LogP contribution in [0.5, 0.6) is 0 Å². The van der Waals surface area contributed by atoms with Gasteiger partial charge in [-0.05, 0) is 58.3 Å². The molecule has 0 aliphatic carbocycles. The molecule has 8 heteroatoms. The molecule has 0 saturated heterocycles. The van der Waals surface area contributed by atoms with E-state index in [1.165, 1.54) is 44.9 Å². The molecule has 0 saturated carbocycles. The Labute approximate surface area is 153 Å². The van der Waals surface area contributed by atoms with Gasteiger partial charge in [-0.3, -0.25) is 10.4 Å². The van der Waals surface area contributed by atoms with Gasteiger partial charge in [-0.1, -0.05) is 25.7 Å². The van der Waals surface area contributed by atoms with Crippen LogP contribution in [0.1, 0.15) is 57.8 Å². The standard InChI is InChI=1S/C17H40N8/c18-16(19)24-14-7-3-1-5-10-22-12-9-13-23-11-6-2-4-8-15-25-17(20)21/h22-23H,1-15H2,(H4,18,19,24)(H4,20,21,25). The molecule has 0 rings (SSSR count). The molecule has 0 aromatic rings. The van der Waals surface area contributed by atoms with E-state index in [0.717, 1.165) is 52.1 Å². The Bertz CT molecular complexity index is 329. The second-order valence-electron chi connectivity index (χ2n) is 6.33. The lowest BCUT2D eigenvalue weighted by atomic mass is 10.2. The fraction of sp³-hybridized carbons (Fsp3) is 0.882. The van der Waals surface area contributed by atoms with Crippen LogP contribution in [0.2, 0.25) is 0 Å². The highest BCUT2D eigenvalue weighted by Gasteiger charge is 1.93. The summed E-state index contributed by atoms with van der Waals surface area (Å²) in [4.78, 5) is 3.97. The van der Waals surface area contributed by atoms with Crippen LogP contribution in [0, 0.1) is 5.41 Å².